The number of halogens is 3. The molecule has 2 unspecified atom stereocenters. The number of benzene rings is 2. The van der Waals surface area contributed by atoms with E-state index in [-0.39, 0.29) is 24.5 Å². The zero-order valence-corrected chi connectivity index (χ0v) is 23.8. The van der Waals surface area contributed by atoms with Crippen LogP contribution < -0.4 is 9.64 Å². The molecule has 2 aromatic heterocycles. The van der Waals surface area contributed by atoms with E-state index in [2.05, 4.69) is 48.9 Å². The average Bonchev–Trinajstić information content (AvgIpc) is 3.81. The van der Waals surface area contributed by atoms with Gasteiger partial charge in [0.15, 0.2) is 5.65 Å². The fourth-order valence-electron chi connectivity index (χ4n) is 4.90. The fourth-order valence-corrected chi connectivity index (χ4v) is 6.47. The first-order chi connectivity index (χ1) is 21.0. The highest BCUT2D eigenvalue weighted by atomic mass is 32.2. The first kappa shape index (κ1) is 31.0. The largest absolute Gasteiger partial charge is 0.677 e. The lowest BCUT2D eigenvalue weighted by atomic mass is 10.1. The molecule has 2 aromatic carbocycles. The Hall–Kier alpha value is -4.41. The molecule has 16 heteroatoms. The Morgan fingerprint density at radius 1 is 1.05 bits per heavy atom. The summed E-state index contributed by atoms with van der Waals surface area (Å²) < 4.78 is 67.6. The van der Waals surface area contributed by atoms with Crippen molar-refractivity contribution in [3.8, 4) is 5.75 Å². The predicted octanol–water partition coefficient (Wildman–Crippen LogP) is 4.12. The summed E-state index contributed by atoms with van der Waals surface area (Å²) in [5.41, 5.74) is 9.36. The zero-order chi connectivity index (χ0) is 31.5. The van der Waals surface area contributed by atoms with Crippen LogP contribution in [0.5, 0.6) is 5.75 Å². The number of ether oxygens (including phenoxy) is 1. The average molecular weight is 631 g/mol. The maximum Gasteiger partial charge on any atom is 0.573 e. The Kier molecular flexibility index (Phi) is 8.94. The summed E-state index contributed by atoms with van der Waals surface area (Å²) in [6, 6.07) is 12.6. The third kappa shape index (κ3) is 7.20. The van der Waals surface area contributed by atoms with E-state index in [0.717, 1.165) is 28.6 Å². The van der Waals surface area contributed by atoms with Gasteiger partial charge in [0.25, 0.3) is 0 Å². The van der Waals surface area contributed by atoms with E-state index < -0.39 is 34.1 Å². The number of nitrogens with zero attached hydrogens (tertiary/aromatic N) is 6. The Morgan fingerprint density at radius 3 is 2.41 bits per heavy atom. The normalized spacial score (nSPS) is 20.5. The van der Waals surface area contributed by atoms with Crippen LogP contribution in [0.2, 0.25) is 0 Å². The fraction of sp³-hybridized carbons (Fsp3) is 0.321. The van der Waals surface area contributed by atoms with Crippen LogP contribution in [0.15, 0.2) is 78.2 Å². The lowest BCUT2D eigenvalue weighted by Gasteiger charge is -2.38. The lowest BCUT2D eigenvalue weighted by Crippen LogP contribution is -2.58. The second kappa shape index (κ2) is 12.7. The number of sulfonamides is 1. The standard InChI is InChI=1S/C18H15F3N6O5S.C10H12N/c19-18(20,21)32-11-1-3-12(4-2-11)33(30,31)27-6-5-26(9-14(27)17(28)29)15-8-23-13-7-22-10-24-16(13)25-15;11-7-9-6-10(9)8-4-2-1-3-5-8/h1-4,7-8,10,14H,5-6,9H2,(H,28,29);1-5,9-11H,6-7H2/q;-1/t14-;/m1./s1. The van der Waals surface area contributed by atoms with Crippen molar-refractivity contribution in [2.24, 2.45) is 5.92 Å². The van der Waals surface area contributed by atoms with Gasteiger partial charge in [-0.2, -0.15) is 4.31 Å². The molecule has 0 radical (unpaired) electrons. The van der Waals surface area contributed by atoms with Gasteiger partial charge in [0.2, 0.25) is 10.0 Å². The topological polar surface area (TPSA) is 163 Å². The minimum atomic E-state index is -4.93. The van der Waals surface area contributed by atoms with Gasteiger partial charge in [-0.1, -0.05) is 36.2 Å². The molecule has 2 N–H and O–H groups in total. The Morgan fingerprint density at radius 2 is 1.77 bits per heavy atom. The quantitative estimate of drug-likeness (QED) is 0.314. The number of anilines is 1. The predicted molar refractivity (Wildman–Crippen MR) is 152 cm³/mol. The number of nitrogens with one attached hydrogen (secondary N) is 1. The van der Waals surface area contributed by atoms with E-state index in [0.29, 0.717) is 35.4 Å². The zero-order valence-electron chi connectivity index (χ0n) is 23.0. The third-order valence-electron chi connectivity index (χ3n) is 7.23. The Bertz CT molecular complexity index is 1710. The summed E-state index contributed by atoms with van der Waals surface area (Å²) in [6.45, 7) is 0.266. The van der Waals surface area contributed by atoms with Crippen molar-refractivity contribution < 1.29 is 36.2 Å². The van der Waals surface area contributed by atoms with Crippen LogP contribution in [0, 0.1) is 5.92 Å². The SMILES string of the molecule is O=C(O)[C@H]1CN(c2cnc3cncnc3n2)CCN1S(=O)(=O)c1ccc(OC(F)(F)F)cc1.[NH-]CC1CC1c1ccccc1. The molecule has 1 aliphatic carbocycles. The minimum absolute atomic E-state index is 0.101. The van der Waals surface area contributed by atoms with Gasteiger partial charge in [-0.15, -0.1) is 19.7 Å². The van der Waals surface area contributed by atoms with E-state index >= 15 is 0 Å². The highest BCUT2D eigenvalue weighted by Crippen LogP contribution is 2.47. The van der Waals surface area contributed by atoms with Crippen molar-refractivity contribution in [1.29, 1.82) is 0 Å². The van der Waals surface area contributed by atoms with Crippen LogP contribution >= 0.6 is 0 Å². The number of aromatic nitrogens is 4. The van der Waals surface area contributed by atoms with Crippen molar-refractivity contribution >= 4 is 33.0 Å². The number of carbonyl (C=O) groups is 1. The highest BCUT2D eigenvalue weighted by molar-refractivity contribution is 7.89. The van der Waals surface area contributed by atoms with Gasteiger partial charge in [-0.05, 0) is 42.2 Å². The van der Waals surface area contributed by atoms with Gasteiger partial charge in [-0.3, -0.25) is 4.79 Å². The monoisotopic (exact) mass is 630 g/mol. The van der Waals surface area contributed by atoms with Crippen molar-refractivity contribution in [2.45, 2.75) is 29.6 Å². The molecule has 44 heavy (non-hydrogen) atoms. The number of hydrogen-bond acceptors (Lipinski definition) is 9. The second-order valence-electron chi connectivity index (χ2n) is 10.1. The van der Waals surface area contributed by atoms with E-state index in [1.54, 1.807) is 4.90 Å². The van der Waals surface area contributed by atoms with Crippen molar-refractivity contribution in [2.75, 3.05) is 31.1 Å². The van der Waals surface area contributed by atoms with Gasteiger partial charge >= 0.3 is 12.3 Å². The van der Waals surface area contributed by atoms with E-state index in [9.17, 15) is 31.5 Å². The van der Waals surface area contributed by atoms with Crippen LogP contribution in [0.25, 0.3) is 16.9 Å². The van der Waals surface area contributed by atoms with Crippen LogP contribution in [-0.2, 0) is 14.8 Å². The molecular formula is C28H27F3N7O5S-. The van der Waals surface area contributed by atoms with E-state index in [4.69, 9.17) is 5.73 Å². The molecular weight excluding hydrogens is 603 g/mol. The molecule has 2 aliphatic rings. The number of carboxylic acids is 1. The number of hydrogen-bond donors (Lipinski definition) is 1. The maximum atomic E-state index is 13.1. The van der Waals surface area contributed by atoms with Crippen LogP contribution in [0.3, 0.4) is 0 Å². The molecule has 12 nitrogen and oxygen atoms in total. The molecule has 0 bridgehead atoms. The Balaban J connectivity index is 0.000000291. The summed E-state index contributed by atoms with van der Waals surface area (Å²) in [6.07, 6.45) is 0.468. The molecule has 0 amide bonds. The summed E-state index contributed by atoms with van der Waals surface area (Å²) in [7, 11) is -4.32. The van der Waals surface area contributed by atoms with Crippen molar-refractivity contribution in [3.05, 3.63) is 84.6 Å². The number of carboxylic acid groups (broad SMARTS) is 1. The molecule has 3 atom stereocenters. The summed E-state index contributed by atoms with van der Waals surface area (Å²) in [5, 5.41) is 9.69. The lowest BCUT2D eigenvalue weighted by molar-refractivity contribution is -0.274. The van der Waals surface area contributed by atoms with Gasteiger partial charge in [-0.25, -0.2) is 28.4 Å². The highest BCUT2D eigenvalue weighted by Gasteiger charge is 2.41. The molecule has 2 fully saturated rings. The first-order valence-electron chi connectivity index (χ1n) is 13.4. The third-order valence-corrected chi connectivity index (χ3v) is 9.15. The first-order valence-corrected chi connectivity index (χ1v) is 14.9. The number of aliphatic carboxylic acids is 1. The molecule has 1 saturated carbocycles. The van der Waals surface area contributed by atoms with E-state index in [1.807, 2.05) is 6.07 Å². The molecule has 6 rings (SSSR count). The van der Waals surface area contributed by atoms with Crippen LogP contribution in [0.1, 0.15) is 17.9 Å². The Labute approximate surface area is 250 Å². The number of piperazine rings is 1. The van der Waals surface area contributed by atoms with Gasteiger partial charge < -0.3 is 20.5 Å². The summed E-state index contributed by atoms with van der Waals surface area (Å²) in [4.78, 5) is 29.4. The number of rotatable bonds is 7. The molecule has 0 spiro atoms. The molecule has 4 aromatic rings. The van der Waals surface area contributed by atoms with Gasteiger partial charge in [0.1, 0.15) is 29.5 Å². The molecule has 3 heterocycles. The van der Waals surface area contributed by atoms with Gasteiger partial charge in [0, 0.05) is 19.6 Å². The van der Waals surface area contributed by atoms with E-state index in [1.165, 1.54) is 30.7 Å². The van der Waals surface area contributed by atoms with Crippen LogP contribution in [0.4, 0.5) is 19.0 Å². The minimum Gasteiger partial charge on any atom is -0.677 e. The summed E-state index contributed by atoms with van der Waals surface area (Å²) >= 11 is 0. The van der Waals surface area contributed by atoms with Crippen molar-refractivity contribution in [1.82, 2.24) is 24.2 Å². The molecule has 1 aliphatic heterocycles. The number of fused-ring (bicyclic) bond motifs is 1. The van der Waals surface area contributed by atoms with Gasteiger partial charge in [0.05, 0.1) is 17.3 Å². The summed E-state index contributed by atoms with van der Waals surface area (Å²) in [5.74, 6) is -0.319. The second-order valence-corrected chi connectivity index (χ2v) is 12.0. The van der Waals surface area contributed by atoms with Crippen LogP contribution in [-0.4, -0.2) is 82.3 Å². The van der Waals surface area contributed by atoms with Crippen molar-refractivity contribution in [3.63, 3.8) is 0 Å². The molecule has 232 valence electrons. The number of alkyl halides is 3. The smallest absolute Gasteiger partial charge is 0.573 e. The maximum absolute atomic E-state index is 13.1. The molecule has 1 saturated heterocycles.